The Labute approximate surface area is 97.5 Å². The van der Waals surface area contributed by atoms with E-state index in [-0.39, 0.29) is 5.56 Å². The molecular formula is C12H13F2N3. The van der Waals surface area contributed by atoms with Crippen LogP contribution in [0.4, 0.5) is 8.78 Å². The van der Waals surface area contributed by atoms with Gasteiger partial charge in [0.25, 0.3) is 6.43 Å². The van der Waals surface area contributed by atoms with Crippen molar-refractivity contribution in [2.24, 2.45) is 7.05 Å². The normalized spacial score (nSPS) is 16.1. The minimum atomic E-state index is -2.47. The lowest BCUT2D eigenvalue weighted by molar-refractivity contribution is 0.153. The Hall–Kier alpha value is -1.52. The maximum atomic E-state index is 13.1. The molecule has 0 saturated heterocycles. The zero-order valence-corrected chi connectivity index (χ0v) is 9.74. The van der Waals surface area contributed by atoms with E-state index in [1.807, 2.05) is 0 Å². The highest BCUT2D eigenvalue weighted by Crippen LogP contribution is 2.41. The maximum Gasteiger partial charge on any atom is 0.264 e. The molecule has 3 rings (SSSR count). The van der Waals surface area contributed by atoms with Gasteiger partial charge in [0.05, 0.1) is 11.1 Å². The molecule has 1 fully saturated rings. The summed E-state index contributed by atoms with van der Waals surface area (Å²) in [4.78, 5) is 4.47. The van der Waals surface area contributed by atoms with Gasteiger partial charge in [0.1, 0.15) is 0 Å². The lowest BCUT2D eigenvalue weighted by atomic mass is 10.1. The molecule has 0 bridgehead atoms. The van der Waals surface area contributed by atoms with E-state index in [1.165, 1.54) is 0 Å². The van der Waals surface area contributed by atoms with Crippen LogP contribution in [-0.2, 0) is 7.05 Å². The molecule has 0 spiro atoms. The van der Waals surface area contributed by atoms with Crippen LogP contribution in [0, 0.1) is 6.92 Å². The van der Waals surface area contributed by atoms with Gasteiger partial charge in [-0.15, -0.1) is 0 Å². The van der Waals surface area contributed by atoms with Crippen LogP contribution in [0.25, 0.3) is 11.0 Å². The van der Waals surface area contributed by atoms with Crippen LogP contribution < -0.4 is 0 Å². The van der Waals surface area contributed by atoms with Crippen LogP contribution in [0.2, 0.25) is 0 Å². The van der Waals surface area contributed by atoms with Gasteiger partial charge in [0.2, 0.25) is 0 Å². The average molecular weight is 237 g/mol. The number of hydrogen-bond acceptors (Lipinski definition) is 2. The predicted molar refractivity (Wildman–Crippen MR) is 60.2 cm³/mol. The third-order valence-corrected chi connectivity index (χ3v) is 3.25. The molecule has 0 unspecified atom stereocenters. The largest absolute Gasteiger partial charge is 0.264 e. The number of aromatic nitrogens is 3. The summed E-state index contributed by atoms with van der Waals surface area (Å²) in [5, 5.41) is 4.68. The number of rotatable bonds is 2. The first-order valence-corrected chi connectivity index (χ1v) is 5.70. The molecule has 2 aromatic heterocycles. The van der Waals surface area contributed by atoms with Crippen LogP contribution in [0.3, 0.4) is 0 Å². The number of fused-ring (bicyclic) bond motifs is 1. The summed E-state index contributed by atoms with van der Waals surface area (Å²) in [6, 6.07) is 1.55. The predicted octanol–water partition coefficient (Wildman–Crippen LogP) is 3.09. The molecule has 90 valence electrons. The van der Waals surface area contributed by atoms with Crippen LogP contribution in [-0.4, -0.2) is 14.8 Å². The van der Waals surface area contributed by atoms with E-state index < -0.39 is 6.43 Å². The van der Waals surface area contributed by atoms with Crippen LogP contribution in [0.5, 0.6) is 0 Å². The fraction of sp³-hybridized carbons (Fsp3) is 0.500. The highest BCUT2D eigenvalue weighted by atomic mass is 19.3. The van der Waals surface area contributed by atoms with E-state index in [0.717, 1.165) is 18.5 Å². The van der Waals surface area contributed by atoms with E-state index in [0.29, 0.717) is 22.6 Å². The van der Waals surface area contributed by atoms with Gasteiger partial charge in [-0.3, -0.25) is 4.68 Å². The molecule has 17 heavy (non-hydrogen) atoms. The molecule has 0 N–H and O–H groups in total. The molecule has 5 heteroatoms. The van der Waals surface area contributed by atoms with E-state index in [2.05, 4.69) is 10.1 Å². The molecule has 2 heterocycles. The highest BCUT2D eigenvalue weighted by molar-refractivity contribution is 5.82. The summed E-state index contributed by atoms with van der Waals surface area (Å²) in [5.74, 6) is 0.368. The molecule has 0 aromatic carbocycles. The number of alkyl halides is 2. The van der Waals surface area contributed by atoms with Crippen LogP contribution >= 0.6 is 0 Å². The van der Waals surface area contributed by atoms with Crippen molar-refractivity contribution in [3.05, 3.63) is 23.0 Å². The van der Waals surface area contributed by atoms with Crippen molar-refractivity contribution < 1.29 is 8.78 Å². The SMILES string of the molecule is Cc1nn(C)c2nc(C3CC3)cc(C(F)F)c12. The zero-order valence-electron chi connectivity index (χ0n) is 9.74. The number of hydrogen-bond donors (Lipinski definition) is 0. The molecule has 2 aromatic rings. The fourth-order valence-corrected chi connectivity index (χ4v) is 2.26. The molecule has 0 amide bonds. The Bertz CT molecular complexity index is 585. The van der Waals surface area contributed by atoms with Gasteiger partial charge in [0.15, 0.2) is 5.65 Å². The van der Waals surface area contributed by atoms with Gasteiger partial charge >= 0.3 is 0 Å². The van der Waals surface area contributed by atoms with E-state index in [4.69, 9.17) is 0 Å². The van der Waals surface area contributed by atoms with Gasteiger partial charge in [-0.1, -0.05) is 0 Å². The monoisotopic (exact) mass is 237 g/mol. The van der Waals surface area contributed by atoms with Gasteiger partial charge in [0, 0.05) is 24.2 Å². The quantitative estimate of drug-likeness (QED) is 0.803. The van der Waals surface area contributed by atoms with E-state index >= 15 is 0 Å². The van der Waals surface area contributed by atoms with E-state index in [1.54, 1.807) is 24.7 Å². The van der Waals surface area contributed by atoms with Crippen molar-refractivity contribution >= 4 is 11.0 Å². The number of nitrogens with zero attached hydrogens (tertiary/aromatic N) is 3. The summed E-state index contributed by atoms with van der Waals surface area (Å²) in [5.41, 5.74) is 2.05. The Balaban J connectivity index is 2.33. The molecule has 0 atom stereocenters. The van der Waals surface area contributed by atoms with Crippen molar-refractivity contribution in [3.63, 3.8) is 0 Å². The van der Waals surface area contributed by atoms with Crippen LogP contribution in [0.15, 0.2) is 6.07 Å². The standard InChI is InChI=1S/C12H13F2N3/c1-6-10-8(11(13)14)5-9(7-3-4-7)15-12(10)17(2)16-6/h5,7,11H,3-4H2,1-2H3. The molecule has 1 saturated carbocycles. The van der Waals surface area contributed by atoms with Crippen molar-refractivity contribution in [3.8, 4) is 0 Å². The second kappa shape index (κ2) is 3.48. The Morgan fingerprint density at radius 2 is 2.12 bits per heavy atom. The number of pyridine rings is 1. The molecule has 0 aliphatic heterocycles. The molecule has 1 aliphatic rings. The second-order valence-electron chi connectivity index (χ2n) is 4.62. The summed E-state index contributed by atoms with van der Waals surface area (Å²) in [6.07, 6.45) is -0.364. The first-order chi connectivity index (χ1) is 8.08. The Kier molecular flexibility index (Phi) is 2.18. The minimum absolute atomic E-state index is 0.0718. The van der Waals surface area contributed by atoms with Gasteiger partial charge in [-0.25, -0.2) is 13.8 Å². The smallest absolute Gasteiger partial charge is 0.250 e. The zero-order chi connectivity index (χ0) is 12.2. The third-order valence-electron chi connectivity index (χ3n) is 3.25. The molecule has 3 nitrogen and oxygen atoms in total. The minimum Gasteiger partial charge on any atom is -0.250 e. The van der Waals surface area contributed by atoms with Crippen molar-refractivity contribution in [2.75, 3.05) is 0 Å². The summed E-state index contributed by atoms with van der Waals surface area (Å²) >= 11 is 0. The summed E-state index contributed by atoms with van der Waals surface area (Å²) < 4.78 is 27.8. The Morgan fingerprint density at radius 3 is 2.71 bits per heavy atom. The van der Waals surface area contributed by atoms with E-state index in [9.17, 15) is 8.78 Å². The van der Waals surface area contributed by atoms with Crippen LogP contribution in [0.1, 0.15) is 42.1 Å². The molecule has 0 radical (unpaired) electrons. The molecular weight excluding hydrogens is 224 g/mol. The van der Waals surface area contributed by atoms with Gasteiger partial charge in [-0.2, -0.15) is 5.10 Å². The maximum absolute atomic E-state index is 13.1. The van der Waals surface area contributed by atoms with Gasteiger partial charge < -0.3 is 0 Å². The lowest BCUT2D eigenvalue weighted by Crippen LogP contribution is -1.97. The van der Waals surface area contributed by atoms with Crippen molar-refractivity contribution in [1.82, 2.24) is 14.8 Å². The first-order valence-electron chi connectivity index (χ1n) is 5.70. The first kappa shape index (κ1) is 10.6. The lowest BCUT2D eigenvalue weighted by Gasteiger charge is -2.06. The Morgan fingerprint density at radius 1 is 1.41 bits per heavy atom. The fourth-order valence-electron chi connectivity index (χ4n) is 2.26. The number of halogens is 2. The second-order valence-corrected chi connectivity index (χ2v) is 4.62. The number of aryl methyl sites for hydroxylation is 2. The summed E-state index contributed by atoms with van der Waals surface area (Å²) in [7, 11) is 1.74. The van der Waals surface area contributed by atoms with Gasteiger partial charge in [-0.05, 0) is 25.8 Å². The highest BCUT2D eigenvalue weighted by Gasteiger charge is 2.28. The molecule has 1 aliphatic carbocycles. The van der Waals surface area contributed by atoms with Crippen molar-refractivity contribution in [2.45, 2.75) is 32.1 Å². The topological polar surface area (TPSA) is 30.7 Å². The third kappa shape index (κ3) is 1.61. The van der Waals surface area contributed by atoms with Crippen molar-refractivity contribution in [1.29, 1.82) is 0 Å². The summed E-state index contributed by atoms with van der Waals surface area (Å²) in [6.45, 7) is 1.74. The average Bonchev–Trinajstić information content (AvgIpc) is 3.07.